The van der Waals surface area contributed by atoms with Gasteiger partial charge in [0.1, 0.15) is 17.3 Å². The van der Waals surface area contributed by atoms with Gasteiger partial charge in [0.2, 0.25) is 0 Å². The van der Waals surface area contributed by atoms with Gasteiger partial charge in [-0.2, -0.15) is 5.10 Å². The van der Waals surface area contributed by atoms with Gasteiger partial charge in [-0.05, 0) is 37.1 Å². The molecule has 8 nitrogen and oxygen atoms in total. The summed E-state index contributed by atoms with van der Waals surface area (Å²) in [5.74, 6) is 1.90. The highest BCUT2D eigenvalue weighted by molar-refractivity contribution is 5.95. The van der Waals surface area contributed by atoms with Crippen molar-refractivity contribution in [1.82, 2.24) is 19.7 Å². The summed E-state index contributed by atoms with van der Waals surface area (Å²) < 4.78 is 13.5. The first-order valence-electron chi connectivity index (χ1n) is 9.87. The van der Waals surface area contributed by atoms with Crippen molar-refractivity contribution in [1.29, 1.82) is 0 Å². The maximum Gasteiger partial charge on any atom is 0.350 e. The Bertz CT molecular complexity index is 1080. The fraction of sp³-hybridized carbons (Fsp3) is 0.318. The molecule has 0 bridgehead atoms. The summed E-state index contributed by atoms with van der Waals surface area (Å²) in [5, 5.41) is 7.38. The van der Waals surface area contributed by atoms with Crippen molar-refractivity contribution >= 4 is 5.91 Å². The number of nitrogens with zero attached hydrogens (tertiary/aromatic N) is 3. The third-order valence-electron chi connectivity index (χ3n) is 5.04. The molecule has 156 valence electrons. The number of ether oxygens (including phenoxy) is 2. The molecular weight excluding hydrogens is 384 g/mol. The van der Waals surface area contributed by atoms with Crippen LogP contribution in [0.5, 0.6) is 11.5 Å². The molecule has 0 spiro atoms. The van der Waals surface area contributed by atoms with E-state index in [2.05, 4.69) is 10.4 Å². The van der Waals surface area contributed by atoms with E-state index < -0.39 is 0 Å². The molecule has 1 N–H and O–H groups in total. The molecule has 0 saturated heterocycles. The van der Waals surface area contributed by atoms with Crippen LogP contribution in [0, 0.1) is 0 Å². The molecular formula is C22H24N4O4. The molecule has 8 heteroatoms. The predicted octanol–water partition coefficient (Wildman–Crippen LogP) is 2.36. The Balaban J connectivity index is 1.48. The summed E-state index contributed by atoms with van der Waals surface area (Å²) in [6.07, 6.45) is 2.08. The molecule has 1 heterocycles. The lowest BCUT2D eigenvalue weighted by molar-refractivity contribution is 0.0951. The van der Waals surface area contributed by atoms with Crippen LogP contribution in [0.2, 0.25) is 0 Å². The van der Waals surface area contributed by atoms with Crippen LogP contribution in [-0.2, 0) is 6.54 Å². The van der Waals surface area contributed by atoms with Gasteiger partial charge < -0.3 is 14.8 Å². The second-order valence-electron chi connectivity index (χ2n) is 7.17. The van der Waals surface area contributed by atoms with Gasteiger partial charge in [0.15, 0.2) is 0 Å². The highest BCUT2D eigenvalue weighted by Gasteiger charge is 2.31. The van der Waals surface area contributed by atoms with Crippen molar-refractivity contribution in [2.24, 2.45) is 0 Å². The van der Waals surface area contributed by atoms with Gasteiger partial charge in [-0.15, -0.1) is 0 Å². The zero-order valence-corrected chi connectivity index (χ0v) is 17.0. The molecule has 2 aromatic carbocycles. The van der Waals surface area contributed by atoms with Crippen LogP contribution in [0.25, 0.3) is 5.69 Å². The van der Waals surface area contributed by atoms with Gasteiger partial charge in [0, 0.05) is 24.1 Å². The van der Waals surface area contributed by atoms with Crippen molar-refractivity contribution in [2.45, 2.75) is 25.3 Å². The van der Waals surface area contributed by atoms with E-state index >= 15 is 0 Å². The first kappa shape index (κ1) is 19.8. The minimum absolute atomic E-state index is 0.194. The number of rotatable bonds is 8. The second-order valence-corrected chi connectivity index (χ2v) is 7.17. The summed E-state index contributed by atoms with van der Waals surface area (Å²) in [4.78, 5) is 25.5. The second kappa shape index (κ2) is 8.44. The third-order valence-corrected chi connectivity index (χ3v) is 5.04. The Hall–Kier alpha value is -3.55. The molecule has 3 aromatic rings. The highest BCUT2D eigenvalue weighted by atomic mass is 16.5. The van der Waals surface area contributed by atoms with E-state index in [1.807, 2.05) is 30.3 Å². The molecule has 30 heavy (non-hydrogen) atoms. The van der Waals surface area contributed by atoms with Gasteiger partial charge in [0.25, 0.3) is 5.91 Å². The number of para-hydroxylation sites is 1. The normalized spacial score (nSPS) is 13.1. The Morgan fingerprint density at radius 1 is 1.10 bits per heavy atom. The molecule has 1 aliphatic rings. The summed E-state index contributed by atoms with van der Waals surface area (Å²) in [6, 6.07) is 14.5. The van der Waals surface area contributed by atoms with Crippen LogP contribution in [0.4, 0.5) is 0 Å². The zero-order valence-electron chi connectivity index (χ0n) is 17.0. The fourth-order valence-corrected chi connectivity index (χ4v) is 3.31. The maximum atomic E-state index is 13.0. The van der Waals surface area contributed by atoms with Crippen molar-refractivity contribution < 1.29 is 14.3 Å². The topological polar surface area (TPSA) is 87.4 Å². The molecule has 1 saturated carbocycles. The molecule has 0 radical (unpaired) electrons. The molecule has 1 aromatic heterocycles. The minimum Gasteiger partial charge on any atom is -0.497 e. The average molecular weight is 408 g/mol. The van der Waals surface area contributed by atoms with Gasteiger partial charge in [-0.1, -0.05) is 18.2 Å². The van der Waals surface area contributed by atoms with Gasteiger partial charge >= 0.3 is 5.69 Å². The Labute approximate surface area is 174 Å². The summed E-state index contributed by atoms with van der Waals surface area (Å²) >= 11 is 0. The van der Waals surface area contributed by atoms with Crippen LogP contribution in [0.3, 0.4) is 0 Å². The van der Waals surface area contributed by atoms with E-state index in [0.717, 1.165) is 24.4 Å². The van der Waals surface area contributed by atoms with Crippen molar-refractivity contribution in [3.05, 3.63) is 70.4 Å². The van der Waals surface area contributed by atoms with Crippen LogP contribution in [-0.4, -0.2) is 41.0 Å². The first-order chi connectivity index (χ1) is 14.6. The number of amides is 1. The van der Waals surface area contributed by atoms with Crippen molar-refractivity contribution in [2.75, 3.05) is 20.8 Å². The molecule has 1 fully saturated rings. The number of benzene rings is 2. The number of carbonyl (C=O) groups excluding carboxylic acids is 1. The highest BCUT2D eigenvalue weighted by Crippen LogP contribution is 2.39. The molecule has 0 unspecified atom stereocenters. The number of carbonyl (C=O) groups is 1. The number of nitrogens with one attached hydrogen (secondary N) is 1. The molecule has 4 rings (SSSR count). The number of hydrogen-bond acceptors (Lipinski definition) is 5. The molecule has 0 aliphatic heterocycles. The molecule has 1 aliphatic carbocycles. The van der Waals surface area contributed by atoms with Gasteiger partial charge in [-0.3, -0.25) is 4.79 Å². The van der Waals surface area contributed by atoms with Crippen LogP contribution in [0.1, 0.15) is 34.9 Å². The summed E-state index contributed by atoms with van der Waals surface area (Å²) in [6.45, 7) is 0.555. The lowest BCUT2D eigenvalue weighted by Crippen LogP contribution is -2.32. The van der Waals surface area contributed by atoms with E-state index in [9.17, 15) is 9.59 Å². The van der Waals surface area contributed by atoms with Gasteiger partial charge in [-0.25, -0.2) is 14.0 Å². The quantitative estimate of drug-likeness (QED) is 0.618. The van der Waals surface area contributed by atoms with Crippen LogP contribution < -0.4 is 20.5 Å². The van der Waals surface area contributed by atoms with Gasteiger partial charge in [0.05, 0.1) is 26.5 Å². The monoisotopic (exact) mass is 408 g/mol. The van der Waals surface area contributed by atoms with E-state index in [4.69, 9.17) is 9.47 Å². The SMILES string of the molecule is COc1cc(OC)cc(C(=O)NCCn2nc(C3CC3)n(-c3ccccc3)c2=O)c1. The molecule has 1 amide bonds. The Morgan fingerprint density at radius 3 is 2.37 bits per heavy atom. The van der Waals surface area contributed by atoms with E-state index in [-0.39, 0.29) is 24.7 Å². The Morgan fingerprint density at radius 2 is 1.77 bits per heavy atom. The maximum absolute atomic E-state index is 13.0. The predicted molar refractivity (Wildman–Crippen MR) is 112 cm³/mol. The first-order valence-corrected chi connectivity index (χ1v) is 9.87. The van der Waals surface area contributed by atoms with E-state index in [1.165, 1.54) is 18.9 Å². The zero-order chi connectivity index (χ0) is 21.1. The minimum atomic E-state index is -0.273. The van der Waals surface area contributed by atoms with Crippen LogP contribution in [0.15, 0.2) is 53.3 Å². The smallest absolute Gasteiger partial charge is 0.350 e. The van der Waals surface area contributed by atoms with E-state index in [0.29, 0.717) is 23.0 Å². The number of aromatic nitrogens is 3. The average Bonchev–Trinajstić information content (AvgIpc) is 3.58. The number of hydrogen-bond donors (Lipinski definition) is 1. The lowest BCUT2D eigenvalue weighted by atomic mass is 10.2. The standard InChI is InChI=1S/C22H24N4O4/c1-29-18-12-16(13-19(14-18)30-2)21(27)23-10-11-25-22(28)26(17-6-4-3-5-7-17)20(24-25)15-8-9-15/h3-7,12-15H,8-11H2,1-2H3,(H,23,27). The lowest BCUT2D eigenvalue weighted by Gasteiger charge is -2.09. The summed E-state index contributed by atoms with van der Waals surface area (Å²) in [7, 11) is 3.06. The largest absolute Gasteiger partial charge is 0.497 e. The summed E-state index contributed by atoms with van der Waals surface area (Å²) in [5.41, 5.74) is 1.04. The van der Waals surface area contributed by atoms with Crippen LogP contribution >= 0.6 is 0 Å². The molecule has 0 atom stereocenters. The van der Waals surface area contributed by atoms with Crippen molar-refractivity contribution in [3.8, 4) is 17.2 Å². The van der Waals surface area contributed by atoms with E-state index in [1.54, 1.807) is 22.8 Å². The number of methoxy groups -OCH3 is 2. The Kier molecular flexibility index (Phi) is 5.56. The fourth-order valence-electron chi connectivity index (χ4n) is 3.31. The van der Waals surface area contributed by atoms with Crippen molar-refractivity contribution in [3.63, 3.8) is 0 Å². The third kappa shape index (κ3) is 4.07.